The summed E-state index contributed by atoms with van der Waals surface area (Å²) in [5.74, 6) is 0. The molecule has 0 aromatic rings. The van der Waals surface area contributed by atoms with Crippen molar-refractivity contribution in [2.24, 2.45) is 0 Å². The van der Waals surface area contributed by atoms with Gasteiger partial charge in [0.25, 0.3) is 0 Å². The molecule has 1 heterocycles. The van der Waals surface area contributed by atoms with Crippen molar-refractivity contribution in [3.05, 3.63) is 0 Å². The fraction of sp³-hybridized carbons (Fsp3) is 0.833. The lowest BCUT2D eigenvalue weighted by molar-refractivity contribution is 0.00310. The van der Waals surface area contributed by atoms with Crippen molar-refractivity contribution in [3.8, 4) is 0 Å². The quantitative estimate of drug-likeness (QED) is 0.505. The molecule has 2 amide bonds. The molecule has 0 saturated carbocycles. The van der Waals surface area contributed by atoms with Crippen LogP contribution < -0.4 is 0 Å². The zero-order chi connectivity index (χ0) is 14.1. The van der Waals surface area contributed by atoms with E-state index in [4.69, 9.17) is 16.3 Å². The Labute approximate surface area is 113 Å². The van der Waals surface area contributed by atoms with Gasteiger partial charge in [-0.05, 0) is 46.2 Å². The van der Waals surface area contributed by atoms with Crippen LogP contribution in [-0.2, 0) is 4.74 Å². The van der Waals surface area contributed by atoms with E-state index >= 15 is 0 Å². The highest BCUT2D eigenvalue weighted by atomic mass is 35.5. The molecule has 0 unspecified atom stereocenters. The van der Waals surface area contributed by atoms with E-state index in [0.717, 1.165) is 0 Å². The Morgan fingerprint density at radius 2 is 1.61 bits per heavy atom. The predicted molar refractivity (Wildman–Crippen MR) is 69.8 cm³/mol. The van der Waals surface area contributed by atoms with Crippen molar-refractivity contribution in [2.75, 3.05) is 13.1 Å². The van der Waals surface area contributed by atoms with Crippen molar-refractivity contribution >= 4 is 23.1 Å². The third kappa shape index (κ3) is 3.77. The van der Waals surface area contributed by atoms with Crippen LogP contribution in [0.5, 0.6) is 0 Å². The first-order valence-electron chi connectivity index (χ1n) is 6.07. The molecule has 0 bridgehead atoms. The van der Waals surface area contributed by atoms with Crippen LogP contribution in [0.15, 0.2) is 0 Å². The van der Waals surface area contributed by atoms with Crippen molar-refractivity contribution in [3.63, 3.8) is 0 Å². The Kier molecular flexibility index (Phi) is 4.48. The Balaban J connectivity index is 2.68. The van der Waals surface area contributed by atoms with E-state index in [1.807, 2.05) is 34.6 Å². The Hall–Kier alpha value is -0.970. The van der Waals surface area contributed by atoms with Gasteiger partial charge in [-0.25, -0.2) is 4.79 Å². The van der Waals surface area contributed by atoms with Crippen LogP contribution in [0.4, 0.5) is 9.59 Å². The van der Waals surface area contributed by atoms with Crippen molar-refractivity contribution in [1.29, 1.82) is 0 Å². The molecular weight excluding hydrogens is 256 g/mol. The third-order valence-electron chi connectivity index (χ3n) is 2.77. The summed E-state index contributed by atoms with van der Waals surface area (Å²) in [7, 11) is 0. The van der Waals surface area contributed by atoms with Gasteiger partial charge < -0.3 is 14.5 Å². The van der Waals surface area contributed by atoms with Crippen LogP contribution >= 0.6 is 11.6 Å². The topological polar surface area (TPSA) is 49.9 Å². The minimum atomic E-state index is -0.511. The smallest absolute Gasteiger partial charge is 0.410 e. The standard InChI is InChI=1S/C12H21ClN2O3/c1-8-6-14(11(17)18-12(3,4)5)7-9(2)15(8)10(13)16/h8-9H,6-7H2,1-5H3/t8-,9-/m1/s1. The molecule has 18 heavy (non-hydrogen) atoms. The van der Waals surface area contributed by atoms with Crippen molar-refractivity contribution < 1.29 is 14.3 Å². The SMILES string of the molecule is C[C@@H]1CN(C(=O)OC(C)(C)C)C[C@@H](C)N1C(=O)Cl. The van der Waals surface area contributed by atoms with Crippen molar-refractivity contribution in [1.82, 2.24) is 9.80 Å². The first-order chi connectivity index (χ1) is 8.11. The second-order valence-electron chi connectivity index (χ2n) is 5.74. The molecule has 1 fully saturated rings. The zero-order valence-corrected chi connectivity index (χ0v) is 12.3. The molecule has 0 aromatic heterocycles. The molecule has 0 aromatic carbocycles. The summed E-state index contributed by atoms with van der Waals surface area (Å²) >= 11 is 5.53. The number of carbonyl (C=O) groups excluding carboxylic acids is 2. The number of halogens is 1. The first-order valence-corrected chi connectivity index (χ1v) is 6.45. The fourth-order valence-corrected chi connectivity index (χ4v) is 2.48. The van der Waals surface area contributed by atoms with E-state index < -0.39 is 11.0 Å². The van der Waals surface area contributed by atoms with Crippen LogP contribution in [0, 0.1) is 0 Å². The second-order valence-corrected chi connectivity index (χ2v) is 6.07. The number of nitrogens with zero attached hydrogens (tertiary/aromatic N) is 2. The van der Waals surface area contributed by atoms with Gasteiger partial charge in [0.1, 0.15) is 5.60 Å². The average molecular weight is 277 g/mol. The molecule has 0 spiro atoms. The molecule has 104 valence electrons. The fourth-order valence-electron chi connectivity index (χ4n) is 2.14. The Morgan fingerprint density at radius 1 is 1.17 bits per heavy atom. The predicted octanol–water partition coefficient (Wildman–Crippen LogP) is 2.67. The highest BCUT2D eigenvalue weighted by Gasteiger charge is 2.35. The van der Waals surface area contributed by atoms with Gasteiger partial charge in [0.2, 0.25) is 0 Å². The van der Waals surface area contributed by atoms with E-state index in [0.29, 0.717) is 13.1 Å². The number of hydrogen-bond acceptors (Lipinski definition) is 3. The maximum absolute atomic E-state index is 11.9. The summed E-state index contributed by atoms with van der Waals surface area (Å²) in [5, 5.41) is -0.473. The van der Waals surface area contributed by atoms with Gasteiger partial charge >= 0.3 is 11.5 Å². The largest absolute Gasteiger partial charge is 0.444 e. The molecule has 1 rings (SSSR count). The molecule has 1 aliphatic rings. The number of carbonyl (C=O) groups is 2. The van der Waals surface area contributed by atoms with E-state index in [1.165, 1.54) is 0 Å². The maximum atomic E-state index is 11.9. The minimum absolute atomic E-state index is 0.105. The Bertz CT molecular complexity index is 329. The van der Waals surface area contributed by atoms with Gasteiger partial charge in [-0.1, -0.05) is 0 Å². The third-order valence-corrected chi connectivity index (χ3v) is 2.97. The molecule has 6 heteroatoms. The van der Waals surface area contributed by atoms with Crippen LogP contribution in [0.1, 0.15) is 34.6 Å². The van der Waals surface area contributed by atoms with Crippen LogP contribution in [0.3, 0.4) is 0 Å². The molecular formula is C12H21ClN2O3. The molecule has 5 nitrogen and oxygen atoms in total. The van der Waals surface area contributed by atoms with Crippen LogP contribution in [0.2, 0.25) is 0 Å². The normalized spacial score (nSPS) is 25.0. The van der Waals surface area contributed by atoms with E-state index in [9.17, 15) is 9.59 Å². The molecule has 1 aliphatic heterocycles. The van der Waals surface area contributed by atoms with E-state index in [-0.39, 0.29) is 18.2 Å². The average Bonchev–Trinajstić information content (AvgIpc) is 2.12. The number of rotatable bonds is 0. The summed E-state index contributed by atoms with van der Waals surface area (Å²) < 4.78 is 5.32. The maximum Gasteiger partial charge on any atom is 0.410 e. The second kappa shape index (κ2) is 5.34. The summed E-state index contributed by atoms with van der Waals surface area (Å²) in [6, 6.07) is -0.211. The number of amides is 2. The highest BCUT2D eigenvalue weighted by Crippen LogP contribution is 2.20. The van der Waals surface area contributed by atoms with Gasteiger partial charge in [-0.15, -0.1) is 0 Å². The molecule has 1 saturated heterocycles. The van der Waals surface area contributed by atoms with Crippen LogP contribution in [0.25, 0.3) is 0 Å². The lowest BCUT2D eigenvalue weighted by atomic mass is 10.1. The zero-order valence-electron chi connectivity index (χ0n) is 11.6. The number of hydrogen-bond donors (Lipinski definition) is 0. The minimum Gasteiger partial charge on any atom is -0.444 e. The summed E-state index contributed by atoms with van der Waals surface area (Å²) in [6.07, 6.45) is -0.345. The molecule has 0 radical (unpaired) electrons. The first kappa shape index (κ1) is 15.1. The lowest BCUT2D eigenvalue weighted by Gasteiger charge is -2.43. The van der Waals surface area contributed by atoms with Gasteiger partial charge in [0, 0.05) is 25.2 Å². The number of piperazine rings is 1. The molecule has 0 N–H and O–H groups in total. The van der Waals surface area contributed by atoms with Crippen molar-refractivity contribution in [2.45, 2.75) is 52.3 Å². The summed E-state index contributed by atoms with van der Waals surface area (Å²) in [6.45, 7) is 10.1. The monoisotopic (exact) mass is 276 g/mol. The molecule has 2 atom stereocenters. The lowest BCUT2D eigenvalue weighted by Crippen LogP contribution is -2.59. The van der Waals surface area contributed by atoms with Gasteiger partial charge in [-0.2, -0.15) is 0 Å². The summed E-state index contributed by atoms with van der Waals surface area (Å²) in [5.41, 5.74) is -0.511. The summed E-state index contributed by atoms with van der Waals surface area (Å²) in [4.78, 5) is 26.4. The van der Waals surface area contributed by atoms with Gasteiger partial charge in [0.15, 0.2) is 0 Å². The van der Waals surface area contributed by atoms with Gasteiger partial charge in [-0.3, -0.25) is 4.79 Å². The Morgan fingerprint density at radius 3 is 1.94 bits per heavy atom. The van der Waals surface area contributed by atoms with Gasteiger partial charge in [0.05, 0.1) is 0 Å². The highest BCUT2D eigenvalue weighted by molar-refractivity contribution is 6.62. The van der Waals surface area contributed by atoms with Crippen LogP contribution in [-0.4, -0.2) is 52.0 Å². The van der Waals surface area contributed by atoms with E-state index in [1.54, 1.807) is 9.80 Å². The van der Waals surface area contributed by atoms with E-state index in [2.05, 4.69) is 0 Å². The number of ether oxygens (including phenoxy) is 1. The molecule has 0 aliphatic carbocycles.